The highest BCUT2D eigenvalue weighted by atomic mass is 32.1. The van der Waals surface area contributed by atoms with Crippen molar-refractivity contribution in [3.63, 3.8) is 0 Å². The number of hydrogen-bond acceptors (Lipinski definition) is 6. The van der Waals surface area contributed by atoms with Crippen molar-refractivity contribution >= 4 is 17.1 Å². The summed E-state index contributed by atoms with van der Waals surface area (Å²) in [5, 5.41) is 0.967. The highest BCUT2D eigenvalue weighted by Gasteiger charge is 2.24. The summed E-state index contributed by atoms with van der Waals surface area (Å²) in [6.07, 6.45) is 2.41. The Labute approximate surface area is 151 Å². The van der Waals surface area contributed by atoms with E-state index in [-0.39, 0.29) is 5.78 Å². The number of nitrogens with zero attached hydrogens (tertiary/aromatic N) is 2. The molecule has 1 aromatic heterocycles. The molecule has 0 radical (unpaired) electrons. The molecule has 2 aliphatic heterocycles. The molecule has 0 amide bonds. The third-order valence-electron chi connectivity index (χ3n) is 4.91. The first kappa shape index (κ1) is 16.5. The maximum absolute atomic E-state index is 11.3. The Bertz CT molecular complexity index is 776. The Morgan fingerprint density at radius 1 is 1.28 bits per heavy atom. The van der Waals surface area contributed by atoms with E-state index in [9.17, 15) is 4.79 Å². The number of carbonyl (C=O) groups is 1. The number of thiazole rings is 1. The summed E-state index contributed by atoms with van der Waals surface area (Å²) in [7, 11) is 0. The van der Waals surface area contributed by atoms with Crippen molar-refractivity contribution in [2.24, 2.45) is 0 Å². The van der Waals surface area contributed by atoms with Crippen molar-refractivity contribution in [1.29, 1.82) is 0 Å². The predicted molar refractivity (Wildman–Crippen MR) is 96.5 cm³/mol. The third-order valence-corrected chi connectivity index (χ3v) is 6.07. The van der Waals surface area contributed by atoms with Crippen LogP contribution in [-0.2, 0) is 24.1 Å². The number of Topliss-reactive ketones (excluding diaryl/α,β-unsaturated/α-hetero) is 1. The molecule has 2 aromatic rings. The molecule has 6 heteroatoms. The second kappa shape index (κ2) is 6.77. The van der Waals surface area contributed by atoms with E-state index < -0.39 is 0 Å². The molecule has 5 nitrogen and oxygen atoms in total. The van der Waals surface area contributed by atoms with Gasteiger partial charge in [0.2, 0.25) is 6.79 Å². The molecule has 25 heavy (non-hydrogen) atoms. The second-order valence-corrected chi connectivity index (χ2v) is 7.85. The van der Waals surface area contributed by atoms with Gasteiger partial charge in [0.1, 0.15) is 10.8 Å². The van der Waals surface area contributed by atoms with Crippen LogP contribution in [0.4, 0.5) is 0 Å². The van der Waals surface area contributed by atoms with Crippen molar-refractivity contribution in [3.05, 3.63) is 39.3 Å². The van der Waals surface area contributed by atoms with Crippen LogP contribution in [0.1, 0.15) is 41.0 Å². The summed E-state index contributed by atoms with van der Waals surface area (Å²) in [5.74, 6) is 1.85. The lowest BCUT2D eigenvalue weighted by Crippen LogP contribution is -2.29. The third kappa shape index (κ3) is 3.41. The van der Waals surface area contributed by atoms with Gasteiger partial charge in [0, 0.05) is 30.4 Å². The number of carbonyl (C=O) groups excluding carboxylic acids is 1. The molecule has 2 aliphatic rings. The van der Waals surface area contributed by atoms with Crippen LogP contribution in [0.3, 0.4) is 0 Å². The molecular weight excluding hydrogens is 336 g/mol. The van der Waals surface area contributed by atoms with E-state index in [0.29, 0.717) is 19.3 Å². The highest BCUT2D eigenvalue weighted by Crippen LogP contribution is 2.36. The van der Waals surface area contributed by atoms with Gasteiger partial charge in [0.05, 0.1) is 12.1 Å². The summed E-state index contributed by atoms with van der Waals surface area (Å²) < 4.78 is 10.9. The fourth-order valence-corrected chi connectivity index (χ4v) is 4.67. The quantitative estimate of drug-likeness (QED) is 0.840. The fourth-order valence-electron chi connectivity index (χ4n) is 3.49. The molecule has 132 valence electrons. The van der Waals surface area contributed by atoms with Gasteiger partial charge in [-0.1, -0.05) is 6.07 Å². The Balaban J connectivity index is 1.46. The molecular formula is C19H22N2O3S. The number of ether oxygens (including phenoxy) is 2. The van der Waals surface area contributed by atoms with Crippen LogP contribution in [0.15, 0.2) is 18.2 Å². The van der Waals surface area contributed by atoms with Gasteiger partial charge in [-0.15, -0.1) is 11.3 Å². The maximum Gasteiger partial charge on any atom is 0.231 e. The van der Waals surface area contributed by atoms with Crippen molar-refractivity contribution < 1.29 is 14.3 Å². The molecule has 1 unspecified atom stereocenters. The van der Waals surface area contributed by atoms with Crippen molar-refractivity contribution in [2.45, 2.75) is 39.2 Å². The second-order valence-electron chi connectivity index (χ2n) is 6.68. The summed E-state index contributed by atoms with van der Waals surface area (Å²) in [6, 6.07) is 6.54. The van der Waals surface area contributed by atoms with Crippen molar-refractivity contribution in [1.82, 2.24) is 9.88 Å². The summed E-state index contributed by atoms with van der Waals surface area (Å²) in [4.78, 5) is 19.9. The molecule has 0 aliphatic carbocycles. The molecule has 4 rings (SSSR count). The van der Waals surface area contributed by atoms with Gasteiger partial charge in [-0.3, -0.25) is 9.69 Å². The van der Waals surface area contributed by atoms with Gasteiger partial charge >= 0.3 is 0 Å². The first-order valence-corrected chi connectivity index (χ1v) is 9.52. The highest BCUT2D eigenvalue weighted by molar-refractivity contribution is 7.11. The van der Waals surface area contributed by atoms with Gasteiger partial charge in [-0.05, 0) is 38.0 Å². The van der Waals surface area contributed by atoms with E-state index in [4.69, 9.17) is 14.5 Å². The van der Waals surface area contributed by atoms with E-state index in [2.05, 4.69) is 24.0 Å². The smallest absolute Gasteiger partial charge is 0.231 e. The van der Waals surface area contributed by atoms with Gasteiger partial charge in [-0.2, -0.15) is 0 Å². The van der Waals surface area contributed by atoms with Gasteiger partial charge in [0.15, 0.2) is 11.5 Å². The van der Waals surface area contributed by atoms with E-state index in [0.717, 1.165) is 42.4 Å². The normalized spacial score (nSPS) is 17.8. The molecule has 0 saturated heterocycles. The Hall–Kier alpha value is -1.92. The Kier molecular flexibility index (Phi) is 4.48. The van der Waals surface area contributed by atoms with Crippen LogP contribution in [0.25, 0.3) is 0 Å². The zero-order chi connectivity index (χ0) is 17.4. The van der Waals surface area contributed by atoms with Crippen molar-refractivity contribution in [3.8, 4) is 11.5 Å². The lowest BCUT2D eigenvalue weighted by atomic mass is 10.1. The standard InChI is InChI=1S/C19H22N2O3S/c1-12(22)9-19-20-15-5-7-21(8-6-18(15)25-19)13(2)14-3-4-16-17(10-14)24-11-23-16/h3-4,10,13H,5-9,11H2,1-2H3. The molecule has 3 heterocycles. The lowest BCUT2D eigenvalue weighted by molar-refractivity contribution is -0.116. The molecule has 0 bridgehead atoms. The number of hydrogen-bond donors (Lipinski definition) is 0. The van der Waals surface area contributed by atoms with E-state index >= 15 is 0 Å². The van der Waals surface area contributed by atoms with Gasteiger partial charge in [-0.25, -0.2) is 4.98 Å². The Morgan fingerprint density at radius 2 is 2.08 bits per heavy atom. The number of ketones is 1. The number of fused-ring (bicyclic) bond motifs is 2. The first-order valence-electron chi connectivity index (χ1n) is 8.70. The maximum atomic E-state index is 11.3. The number of aromatic nitrogens is 1. The monoisotopic (exact) mass is 358 g/mol. The molecule has 1 atom stereocenters. The van der Waals surface area contributed by atoms with Crippen LogP contribution in [0, 0.1) is 0 Å². The largest absolute Gasteiger partial charge is 0.454 e. The van der Waals surface area contributed by atoms with Crippen molar-refractivity contribution in [2.75, 3.05) is 19.9 Å². The zero-order valence-corrected chi connectivity index (χ0v) is 15.4. The van der Waals surface area contributed by atoms with Crippen LogP contribution < -0.4 is 9.47 Å². The average molecular weight is 358 g/mol. The fraction of sp³-hybridized carbons (Fsp3) is 0.474. The first-order chi connectivity index (χ1) is 12.1. The minimum absolute atomic E-state index is 0.182. The number of rotatable bonds is 4. The minimum Gasteiger partial charge on any atom is -0.454 e. The zero-order valence-electron chi connectivity index (χ0n) is 14.6. The molecule has 0 saturated carbocycles. The van der Waals surface area contributed by atoms with Crippen LogP contribution >= 0.6 is 11.3 Å². The van der Waals surface area contributed by atoms with Gasteiger partial charge in [0.25, 0.3) is 0 Å². The van der Waals surface area contributed by atoms with Gasteiger partial charge < -0.3 is 9.47 Å². The van der Waals surface area contributed by atoms with Crippen LogP contribution in [-0.4, -0.2) is 35.5 Å². The summed E-state index contributed by atoms with van der Waals surface area (Å²) >= 11 is 1.71. The molecule has 0 fully saturated rings. The predicted octanol–water partition coefficient (Wildman–Crippen LogP) is 3.17. The topological polar surface area (TPSA) is 51.7 Å². The molecule has 1 aromatic carbocycles. The SMILES string of the molecule is CC(=O)Cc1nc2c(s1)CCN(C(C)c1ccc3c(c1)OCO3)CC2. The average Bonchev–Trinajstić information content (AvgIpc) is 3.15. The molecule has 0 N–H and O–H groups in total. The van der Waals surface area contributed by atoms with E-state index in [1.807, 2.05) is 6.07 Å². The van der Waals surface area contributed by atoms with Crippen LogP contribution in [0.5, 0.6) is 11.5 Å². The van der Waals surface area contributed by atoms with E-state index in [1.54, 1.807) is 18.3 Å². The summed E-state index contributed by atoms with van der Waals surface area (Å²) in [5.41, 5.74) is 2.43. The number of benzene rings is 1. The summed E-state index contributed by atoms with van der Waals surface area (Å²) in [6.45, 7) is 6.16. The lowest BCUT2D eigenvalue weighted by Gasteiger charge is -2.28. The molecule has 0 spiro atoms. The minimum atomic E-state index is 0.182. The Morgan fingerprint density at radius 3 is 2.92 bits per heavy atom. The van der Waals surface area contributed by atoms with E-state index in [1.165, 1.54) is 16.1 Å². The van der Waals surface area contributed by atoms with Crippen LogP contribution in [0.2, 0.25) is 0 Å².